The number of likely N-dealkylation sites (tertiary alicyclic amines) is 1. The molecule has 31 heavy (non-hydrogen) atoms. The highest BCUT2D eigenvalue weighted by Gasteiger charge is 2.39. The van der Waals surface area contributed by atoms with Crippen molar-refractivity contribution >= 4 is 23.1 Å². The Kier molecular flexibility index (Phi) is 4.96. The molecule has 1 aromatic carbocycles. The van der Waals surface area contributed by atoms with Crippen molar-refractivity contribution in [1.29, 1.82) is 0 Å². The van der Waals surface area contributed by atoms with Crippen LogP contribution in [0.2, 0.25) is 0 Å². The number of carbonyl (C=O) groups is 2. The Morgan fingerprint density at radius 3 is 2.68 bits per heavy atom. The topological polar surface area (TPSA) is 70.8 Å². The molecule has 7 nitrogen and oxygen atoms in total. The van der Waals surface area contributed by atoms with Crippen LogP contribution in [-0.4, -0.2) is 50.9 Å². The van der Waals surface area contributed by atoms with E-state index in [9.17, 15) is 9.59 Å². The van der Waals surface area contributed by atoms with Gasteiger partial charge in [0.15, 0.2) is 5.65 Å². The molecule has 2 saturated heterocycles. The monoisotopic (exact) mass is 417 g/mol. The zero-order chi connectivity index (χ0) is 21.5. The van der Waals surface area contributed by atoms with E-state index in [1.165, 1.54) is 0 Å². The first-order valence-electron chi connectivity index (χ1n) is 11.0. The third-order valence-corrected chi connectivity index (χ3v) is 6.43. The van der Waals surface area contributed by atoms with Gasteiger partial charge in [-0.25, -0.2) is 0 Å². The van der Waals surface area contributed by atoms with Crippen LogP contribution in [0.5, 0.6) is 0 Å². The van der Waals surface area contributed by atoms with E-state index in [2.05, 4.69) is 16.3 Å². The predicted octanol–water partition coefficient (Wildman–Crippen LogP) is 3.11. The molecule has 0 spiro atoms. The third kappa shape index (κ3) is 3.69. The van der Waals surface area contributed by atoms with Gasteiger partial charge in [0.2, 0.25) is 11.8 Å². The molecule has 2 aliphatic rings. The fourth-order valence-corrected chi connectivity index (χ4v) is 5.01. The first kappa shape index (κ1) is 19.7. The Morgan fingerprint density at radius 2 is 1.87 bits per heavy atom. The van der Waals surface area contributed by atoms with E-state index >= 15 is 0 Å². The summed E-state index contributed by atoms with van der Waals surface area (Å²) in [6, 6.07) is 12.0. The smallest absolute Gasteiger partial charge is 0.228 e. The maximum absolute atomic E-state index is 13.3. The van der Waals surface area contributed by atoms with Crippen molar-refractivity contribution in [2.45, 2.75) is 39.0 Å². The van der Waals surface area contributed by atoms with Crippen molar-refractivity contribution in [2.24, 2.45) is 5.92 Å². The number of aryl methyl sites for hydroxylation is 2. The molecule has 0 unspecified atom stereocenters. The zero-order valence-electron chi connectivity index (χ0n) is 18.0. The lowest BCUT2D eigenvalue weighted by Gasteiger charge is -2.33. The van der Waals surface area contributed by atoms with E-state index in [0.29, 0.717) is 13.1 Å². The number of carbonyl (C=O) groups excluding carboxylic acids is 2. The van der Waals surface area contributed by atoms with Gasteiger partial charge in [0.05, 0.1) is 5.92 Å². The van der Waals surface area contributed by atoms with Crippen molar-refractivity contribution in [3.8, 4) is 0 Å². The number of hydrogen-bond donors (Lipinski definition) is 0. The summed E-state index contributed by atoms with van der Waals surface area (Å²) in [7, 11) is 0. The Hall–Kier alpha value is -3.22. The molecule has 160 valence electrons. The minimum atomic E-state index is -0.290. The molecule has 2 amide bonds. The Labute approximate surface area is 181 Å². The summed E-state index contributed by atoms with van der Waals surface area (Å²) < 4.78 is 2.01. The van der Waals surface area contributed by atoms with Crippen LogP contribution >= 0.6 is 0 Å². The lowest BCUT2D eigenvalue weighted by atomic mass is 9.95. The molecule has 2 fully saturated rings. The van der Waals surface area contributed by atoms with Gasteiger partial charge in [-0.15, -0.1) is 10.2 Å². The number of aromatic nitrogens is 3. The summed E-state index contributed by atoms with van der Waals surface area (Å²) >= 11 is 0. The predicted molar refractivity (Wildman–Crippen MR) is 118 cm³/mol. The van der Waals surface area contributed by atoms with Crippen LogP contribution in [0.4, 0.5) is 5.69 Å². The molecule has 0 bridgehead atoms. The summed E-state index contributed by atoms with van der Waals surface area (Å²) in [6.45, 7) is 5.88. The number of pyridine rings is 1. The molecule has 2 atom stereocenters. The van der Waals surface area contributed by atoms with Crippen LogP contribution in [0.15, 0.2) is 42.6 Å². The van der Waals surface area contributed by atoms with E-state index in [-0.39, 0.29) is 30.1 Å². The number of nitrogens with zero attached hydrogens (tertiary/aromatic N) is 5. The summed E-state index contributed by atoms with van der Waals surface area (Å²) in [6.07, 6.45) is 4.17. The molecular weight excluding hydrogens is 390 g/mol. The number of benzene rings is 1. The highest BCUT2D eigenvalue weighted by molar-refractivity contribution is 6.00. The molecule has 7 heteroatoms. The van der Waals surface area contributed by atoms with Gasteiger partial charge in [0.1, 0.15) is 5.82 Å². The van der Waals surface area contributed by atoms with Crippen LogP contribution in [0, 0.1) is 19.8 Å². The largest absolute Gasteiger partial charge is 0.342 e. The lowest BCUT2D eigenvalue weighted by molar-refractivity contribution is -0.137. The zero-order valence-corrected chi connectivity index (χ0v) is 18.0. The molecule has 0 saturated carbocycles. The highest BCUT2D eigenvalue weighted by atomic mass is 16.2. The maximum Gasteiger partial charge on any atom is 0.228 e. The van der Waals surface area contributed by atoms with Crippen molar-refractivity contribution in [1.82, 2.24) is 19.5 Å². The molecule has 0 N–H and O–H groups in total. The van der Waals surface area contributed by atoms with Crippen molar-refractivity contribution in [2.75, 3.05) is 24.5 Å². The summed E-state index contributed by atoms with van der Waals surface area (Å²) in [5, 5.41) is 8.67. The van der Waals surface area contributed by atoms with E-state index in [1.54, 1.807) is 4.90 Å². The molecule has 2 aromatic heterocycles. The van der Waals surface area contributed by atoms with Gasteiger partial charge in [0, 0.05) is 43.9 Å². The van der Waals surface area contributed by atoms with Gasteiger partial charge in [-0.05, 0) is 62.1 Å². The Balaban J connectivity index is 1.31. The summed E-state index contributed by atoms with van der Waals surface area (Å²) in [5.74, 6) is 0.886. The summed E-state index contributed by atoms with van der Waals surface area (Å²) in [5.41, 5.74) is 3.96. The second-order valence-electron chi connectivity index (χ2n) is 8.86. The fourth-order valence-electron chi connectivity index (χ4n) is 5.01. The number of fused-ring (bicyclic) bond motifs is 1. The fraction of sp³-hybridized carbons (Fsp3) is 0.417. The minimum absolute atomic E-state index is 0.0281. The normalized spacial score (nSPS) is 21.8. The van der Waals surface area contributed by atoms with Crippen molar-refractivity contribution < 1.29 is 9.59 Å². The van der Waals surface area contributed by atoms with Gasteiger partial charge in [-0.2, -0.15) is 0 Å². The van der Waals surface area contributed by atoms with E-state index in [1.807, 2.05) is 59.7 Å². The van der Waals surface area contributed by atoms with Crippen LogP contribution in [0.1, 0.15) is 42.1 Å². The van der Waals surface area contributed by atoms with Crippen LogP contribution in [0.25, 0.3) is 5.65 Å². The van der Waals surface area contributed by atoms with Gasteiger partial charge in [-0.1, -0.05) is 12.1 Å². The quantitative estimate of drug-likeness (QED) is 0.657. The molecule has 0 radical (unpaired) electrons. The number of amides is 2. The Morgan fingerprint density at radius 1 is 1.06 bits per heavy atom. The molecule has 4 heterocycles. The van der Waals surface area contributed by atoms with Gasteiger partial charge in [0.25, 0.3) is 0 Å². The van der Waals surface area contributed by atoms with Gasteiger partial charge in [-0.3, -0.25) is 14.0 Å². The van der Waals surface area contributed by atoms with Crippen LogP contribution in [0.3, 0.4) is 0 Å². The number of piperidine rings is 1. The molecule has 3 aromatic rings. The van der Waals surface area contributed by atoms with Crippen LogP contribution in [-0.2, 0) is 9.59 Å². The van der Waals surface area contributed by atoms with Crippen molar-refractivity contribution in [3.05, 3.63) is 59.5 Å². The highest BCUT2D eigenvalue weighted by Crippen LogP contribution is 2.31. The Bertz CT molecular complexity index is 1130. The molecular formula is C24H27N5O2. The van der Waals surface area contributed by atoms with Crippen LogP contribution < -0.4 is 4.90 Å². The lowest BCUT2D eigenvalue weighted by Crippen LogP contribution is -2.43. The van der Waals surface area contributed by atoms with E-state index in [0.717, 1.165) is 47.7 Å². The second kappa shape index (κ2) is 7.80. The average Bonchev–Trinajstić information content (AvgIpc) is 3.36. The van der Waals surface area contributed by atoms with E-state index < -0.39 is 0 Å². The SMILES string of the molecule is Cc1cc(C)cc(N2C[C@@H](C(=O)N3CCC[C@@H](c4nnc5ccccn45)C3)CC2=O)c1. The first-order valence-corrected chi connectivity index (χ1v) is 11.0. The maximum atomic E-state index is 13.3. The number of hydrogen-bond acceptors (Lipinski definition) is 4. The average molecular weight is 418 g/mol. The van der Waals surface area contributed by atoms with Gasteiger partial charge < -0.3 is 9.80 Å². The van der Waals surface area contributed by atoms with Gasteiger partial charge >= 0.3 is 0 Å². The molecule has 5 rings (SSSR count). The van der Waals surface area contributed by atoms with E-state index in [4.69, 9.17) is 0 Å². The molecule has 0 aliphatic carbocycles. The second-order valence-corrected chi connectivity index (χ2v) is 8.86. The minimum Gasteiger partial charge on any atom is -0.342 e. The molecule has 2 aliphatic heterocycles. The number of anilines is 1. The van der Waals surface area contributed by atoms with Crippen molar-refractivity contribution in [3.63, 3.8) is 0 Å². The summed E-state index contributed by atoms with van der Waals surface area (Å²) in [4.78, 5) is 29.8. The number of rotatable bonds is 3. The first-order chi connectivity index (χ1) is 15.0. The standard InChI is InChI=1S/C24H27N5O2/c1-16-10-17(2)12-20(11-16)29-15-19(13-22(29)30)24(31)27-8-5-6-18(14-27)23-26-25-21-7-3-4-9-28(21)23/h3-4,7,9-12,18-19H,5-6,8,13-15H2,1-2H3/t18-,19+/m1/s1. The third-order valence-electron chi connectivity index (χ3n) is 6.43.